The van der Waals surface area contributed by atoms with Crippen LogP contribution in [0.2, 0.25) is 0 Å². The molecule has 0 rings (SSSR count). The van der Waals surface area contributed by atoms with Crippen LogP contribution in [0.25, 0.3) is 0 Å². The fourth-order valence-electron chi connectivity index (χ4n) is 1.51. The van der Waals surface area contributed by atoms with Crippen molar-refractivity contribution in [3.05, 3.63) is 0 Å². The Balaban J connectivity index is 4.24. The van der Waals surface area contributed by atoms with E-state index in [2.05, 4.69) is 24.1 Å². The van der Waals surface area contributed by atoms with E-state index in [9.17, 15) is 4.79 Å². The third kappa shape index (κ3) is 4.07. The van der Waals surface area contributed by atoms with E-state index in [0.717, 1.165) is 6.54 Å². The van der Waals surface area contributed by atoms with E-state index in [1.54, 1.807) is 7.05 Å². The molecular weight excluding hydrogens is 178 g/mol. The molecule has 1 atom stereocenters. The number of amides is 1. The van der Waals surface area contributed by atoms with Crippen LogP contribution < -0.4 is 11.1 Å². The van der Waals surface area contributed by atoms with Crippen molar-refractivity contribution in [2.24, 2.45) is 11.7 Å². The van der Waals surface area contributed by atoms with Crippen molar-refractivity contribution in [1.82, 2.24) is 10.2 Å². The molecule has 1 unspecified atom stereocenters. The first-order valence-electron chi connectivity index (χ1n) is 4.99. The Morgan fingerprint density at radius 2 is 2.07 bits per heavy atom. The molecule has 0 aliphatic heterocycles. The second-order valence-corrected chi connectivity index (χ2v) is 4.54. The van der Waals surface area contributed by atoms with E-state index in [1.165, 1.54) is 0 Å². The molecule has 1 amide bonds. The van der Waals surface area contributed by atoms with Crippen molar-refractivity contribution < 1.29 is 4.79 Å². The zero-order valence-electron chi connectivity index (χ0n) is 9.92. The molecule has 0 fully saturated rings. The quantitative estimate of drug-likeness (QED) is 0.638. The van der Waals surface area contributed by atoms with Gasteiger partial charge >= 0.3 is 0 Å². The number of hydrogen-bond donors (Lipinski definition) is 2. The molecule has 0 aromatic heterocycles. The Labute approximate surface area is 86.8 Å². The first-order valence-corrected chi connectivity index (χ1v) is 4.99. The monoisotopic (exact) mass is 201 g/mol. The normalized spacial score (nSPS) is 15.9. The molecule has 0 saturated carbocycles. The van der Waals surface area contributed by atoms with Gasteiger partial charge in [0.15, 0.2) is 0 Å². The third-order valence-electron chi connectivity index (χ3n) is 2.36. The van der Waals surface area contributed by atoms with Gasteiger partial charge in [0.05, 0.1) is 0 Å². The maximum Gasteiger partial charge on any atom is 0.238 e. The van der Waals surface area contributed by atoms with E-state index < -0.39 is 5.54 Å². The molecule has 84 valence electrons. The van der Waals surface area contributed by atoms with Gasteiger partial charge in [-0.25, -0.2) is 0 Å². The summed E-state index contributed by atoms with van der Waals surface area (Å²) in [5.74, 6) is 0.282. The fraction of sp³-hybridized carbons (Fsp3) is 0.900. The second-order valence-electron chi connectivity index (χ2n) is 4.54. The van der Waals surface area contributed by atoms with E-state index in [-0.39, 0.29) is 5.91 Å². The highest BCUT2D eigenvalue weighted by Gasteiger charge is 2.30. The summed E-state index contributed by atoms with van der Waals surface area (Å²) in [7, 11) is 3.76. The Bertz CT molecular complexity index is 194. The summed E-state index contributed by atoms with van der Waals surface area (Å²) >= 11 is 0. The number of nitrogens with two attached hydrogens (primary N) is 1. The Kier molecular flexibility index (Phi) is 5.08. The van der Waals surface area contributed by atoms with E-state index in [1.807, 2.05) is 14.0 Å². The molecule has 0 saturated heterocycles. The predicted molar refractivity (Wildman–Crippen MR) is 59.0 cm³/mol. The average molecular weight is 201 g/mol. The van der Waals surface area contributed by atoms with Gasteiger partial charge in [0.2, 0.25) is 5.91 Å². The van der Waals surface area contributed by atoms with Gasteiger partial charge in [-0.2, -0.15) is 0 Å². The zero-order chi connectivity index (χ0) is 11.4. The van der Waals surface area contributed by atoms with Crippen molar-refractivity contribution in [1.29, 1.82) is 0 Å². The van der Waals surface area contributed by atoms with Crippen LogP contribution in [0.5, 0.6) is 0 Å². The number of primary amides is 1. The van der Waals surface area contributed by atoms with Crippen LogP contribution in [0.4, 0.5) is 0 Å². The Morgan fingerprint density at radius 3 is 2.36 bits per heavy atom. The summed E-state index contributed by atoms with van der Waals surface area (Å²) in [6.45, 7) is 7.72. The lowest BCUT2D eigenvalue weighted by Gasteiger charge is -2.31. The van der Waals surface area contributed by atoms with Crippen molar-refractivity contribution >= 4 is 5.91 Å². The molecule has 0 radical (unpaired) electrons. The standard InChI is InChI=1S/C10H23N3O/c1-8(2)6-13(5)7-10(3,12-4)9(11)14/h8,12H,6-7H2,1-5H3,(H2,11,14). The minimum absolute atomic E-state index is 0.310. The minimum Gasteiger partial charge on any atom is -0.368 e. The van der Waals surface area contributed by atoms with Crippen molar-refractivity contribution in [3.63, 3.8) is 0 Å². The number of carbonyl (C=O) groups excluding carboxylic acids is 1. The summed E-state index contributed by atoms with van der Waals surface area (Å²) in [4.78, 5) is 13.3. The van der Waals surface area contributed by atoms with Gasteiger partial charge in [-0.1, -0.05) is 13.8 Å². The maximum atomic E-state index is 11.2. The molecule has 4 heteroatoms. The van der Waals surface area contributed by atoms with Crippen LogP contribution in [0.3, 0.4) is 0 Å². The lowest BCUT2D eigenvalue weighted by atomic mass is 10.0. The lowest BCUT2D eigenvalue weighted by Crippen LogP contribution is -2.58. The number of carbonyl (C=O) groups is 1. The van der Waals surface area contributed by atoms with Gasteiger partial charge in [-0.05, 0) is 26.9 Å². The zero-order valence-corrected chi connectivity index (χ0v) is 9.92. The Hall–Kier alpha value is -0.610. The Morgan fingerprint density at radius 1 is 1.57 bits per heavy atom. The maximum absolute atomic E-state index is 11.2. The van der Waals surface area contributed by atoms with E-state index in [4.69, 9.17) is 5.73 Å². The van der Waals surface area contributed by atoms with E-state index in [0.29, 0.717) is 12.5 Å². The molecule has 0 aliphatic carbocycles. The highest BCUT2D eigenvalue weighted by Crippen LogP contribution is 2.06. The number of nitrogens with zero attached hydrogens (tertiary/aromatic N) is 1. The molecule has 0 aromatic carbocycles. The largest absolute Gasteiger partial charge is 0.368 e. The summed E-state index contributed by atoms with van der Waals surface area (Å²) in [5, 5.41) is 2.97. The van der Waals surface area contributed by atoms with Crippen LogP contribution in [-0.4, -0.2) is 43.5 Å². The number of rotatable bonds is 6. The minimum atomic E-state index is -0.635. The fourth-order valence-corrected chi connectivity index (χ4v) is 1.51. The number of likely N-dealkylation sites (N-methyl/N-ethyl adjacent to an activating group) is 2. The van der Waals surface area contributed by atoms with Crippen molar-refractivity contribution in [3.8, 4) is 0 Å². The number of hydrogen-bond acceptors (Lipinski definition) is 3. The first-order chi connectivity index (χ1) is 6.31. The molecule has 0 aliphatic rings. The highest BCUT2D eigenvalue weighted by atomic mass is 16.1. The van der Waals surface area contributed by atoms with Crippen LogP contribution in [0, 0.1) is 5.92 Å². The van der Waals surface area contributed by atoms with Gasteiger partial charge in [0.1, 0.15) is 5.54 Å². The molecule has 0 heterocycles. The molecule has 0 bridgehead atoms. The second kappa shape index (κ2) is 5.32. The SMILES string of the molecule is CNC(C)(CN(C)CC(C)C)C(N)=O. The molecule has 0 spiro atoms. The predicted octanol–water partition coefficient (Wildman–Crippen LogP) is 0.0376. The lowest BCUT2D eigenvalue weighted by molar-refractivity contribution is -0.124. The summed E-state index contributed by atoms with van der Waals surface area (Å²) in [5.41, 5.74) is 4.70. The van der Waals surface area contributed by atoms with Gasteiger partial charge in [-0.3, -0.25) is 4.79 Å². The molecule has 4 nitrogen and oxygen atoms in total. The topological polar surface area (TPSA) is 58.4 Å². The summed E-state index contributed by atoms with van der Waals surface area (Å²) in [6.07, 6.45) is 0. The molecule has 14 heavy (non-hydrogen) atoms. The molecule has 3 N–H and O–H groups in total. The van der Waals surface area contributed by atoms with Crippen LogP contribution >= 0.6 is 0 Å². The summed E-state index contributed by atoms with van der Waals surface area (Å²) < 4.78 is 0. The third-order valence-corrected chi connectivity index (χ3v) is 2.36. The van der Waals surface area contributed by atoms with Gasteiger partial charge in [-0.15, -0.1) is 0 Å². The van der Waals surface area contributed by atoms with Crippen LogP contribution in [0.15, 0.2) is 0 Å². The van der Waals surface area contributed by atoms with Gasteiger partial charge in [0, 0.05) is 13.1 Å². The highest BCUT2D eigenvalue weighted by molar-refractivity contribution is 5.84. The smallest absolute Gasteiger partial charge is 0.238 e. The molecular formula is C10H23N3O. The van der Waals surface area contributed by atoms with Crippen LogP contribution in [0.1, 0.15) is 20.8 Å². The number of nitrogens with one attached hydrogen (secondary N) is 1. The van der Waals surface area contributed by atoms with Crippen LogP contribution in [-0.2, 0) is 4.79 Å². The van der Waals surface area contributed by atoms with Gasteiger partial charge in [0.25, 0.3) is 0 Å². The summed E-state index contributed by atoms with van der Waals surface area (Å²) in [6, 6.07) is 0. The molecule has 0 aromatic rings. The van der Waals surface area contributed by atoms with E-state index >= 15 is 0 Å². The van der Waals surface area contributed by atoms with Crippen molar-refractivity contribution in [2.75, 3.05) is 27.2 Å². The first kappa shape index (κ1) is 13.4. The van der Waals surface area contributed by atoms with Crippen molar-refractivity contribution in [2.45, 2.75) is 26.3 Å². The van der Waals surface area contributed by atoms with Gasteiger partial charge < -0.3 is 16.0 Å². The average Bonchev–Trinajstić information content (AvgIpc) is 2.01.